The van der Waals surface area contributed by atoms with E-state index in [1.807, 2.05) is 32.9 Å². The highest BCUT2D eigenvalue weighted by atomic mass is 35.5. The lowest BCUT2D eigenvalue weighted by atomic mass is 10.1. The van der Waals surface area contributed by atoms with Crippen LogP contribution in [0.2, 0.25) is 5.02 Å². The highest BCUT2D eigenvalue weighted by Crippen LogP contribution is 2.39. The molecule has 3 rings (SSSR count). The zero-order valence-corrected chi connectivity index (χ0v) is 20.7. The number of amides is 1. The minimum absolute atomic E-state index is 0.277. The summed E-state index contributed by atoms with van der Waals surface area (Å²) in [5.41, 5.74) is 2.04. The molecule has 1 saturated heterocycles. The van der Waals surface area contributed by atoms with E-state index in [0.717, 1.165) is 38.4 Å². The van der Waals surface area contributed by atoms with Gasteiger partial charge in [0.15, 0.2) is 11.5 Å². The van der Waals surface area contributed by atoms with Gasteiger partial charge >= 0.3 is 0 Å². The Labute approximate surface area is 201 Å². The Morgan fingerprint density at radius 3 is 2.03 bits per heavy atom. The Morgan fingerprint density at radius 2 is 1.52 bits per heavy atom. The molecule has 2 aromatic carbocycles. The summed E-state index contributed by atoms with van der Waals surface area (Å²) >= 11 is 6.59. The third kappa shape index (κ3) is 6.24. The van der Waals surface area contributed by atoms with Crippen molar-refractivity contribution in [3.63, 3.8) is 0 Å². The van der Waals surface area contributed by atoms with Crippen molar-refractivity contribution < 1.29 is 19.0 Å². The first-order valence-electron chi connectivity index (χ1n) is 11.6. The van der Waals surface area contributed by atoms with E-state index in [4.69, 9.17) is 25.8 Å². The number of hydrogen-bond acceptors (Lipinski definition) is 6. The zero-order valence-electron chi connectivity index (χ0n) is 19.9. The molecule has 0 aliphatic carbocycles. The van der Waals surface area contributed by atoms with E-state index in [-0.39, 0.29) is 5.91 Å². The number of nitrogens with zero attached hydrogens (tertiary/aromatic N) is 2. The molecule has 2 aromatic rings. The molecule has 1 fully saturated rings. The van der Waals surface area contributed by atoms with Crippen molar-refractivity contribution in [2.45, 2.75) is 27.7 Å². The monoisotopic (exact) mass is 475 g/mol. The fourth-order valence-corrected chi connectivity index (χ4v) is 4.17. The molecule has 1 aliphatic heterocycles. The summed E-state index contributed by atoms with van der Waals surface area (Å²) in [5.74, 6) is 1.19. The van der Waals surface area contributed by atoms with Crippen LogP contribution < -0.4 is 24.4 Å². The van der Waals surface area contributed by atoms with E-state index in [1.165, 1.54) is 0 Å². The van der Waals surface area contributed by atoms with Crippen molar-refractivity contribution in [1.29, 1.82) is 0 Å². The van der Waals surface area contributed by atoms with Gasteiger partial charge in [-0.2, -0.15) is 0 Å². The van der Waals surface area contributed by atoms with Gasteiger partial charge in [0.2, 0.25) is 5.75 Å². The van der Waals surface area contributed by atoms with Crippen molar-refractivity contribution in [1.82, 2.24) is 4.90 Å². The predicted octanol–water partition coefficient (Wildman–Crippen LogP) is 4.93. The smallest absolute Gasteiger partial charge is 0.255 e. The summed E-state index contributed by atoms with van der Waals surface area (Å²) in [7, 11) is 0. The number of benzene rings is 2. The van der Waals surface area contributed by atoms with Gasteiger partial charge in [-0.15, -0.1) is 0 Å². The van der Waals surface area contributed by atoms with Gasteiger partial charge in [0, 0.05) is 37.4 Å². The maximum Gasteiger partial charge on any atom is 0.255 e. The number of halogens is 1. The van der Waals surface area contributed by atoms with Crippen molar-refractivity contribution in [2.75, 3.05) is 62.8 Å². The van der Waals surface area contributed by atoms with Crippen LogP contribution in [0.25, 0.3) is 0 Å². The van der Waals surface area contributed by atoms with Gasteiger partial charge in [0.1, 0.15) is 0 Å². The van der Waals surface area contributed by atoms with Crippen LogP contribution in [0.1, 0.15) is 38.1 Å². The summed E-state index contributed by atoms with van der Waals surface area (Å²) in [6.45, 7) is 14.2. The van der Waals surface area contributed by atoms with Crippen LogP contribution in [-0.2, 0) is 0 Å². The molecule has 0 radical (unpaired) electrons. The standard InChI is InChI=1S/C25H34ClN3O4/c1-5-28-11-13-29(14-12-28)21-10-9-19(17-20(21)26)27-25(30)18-15-22(31-6-2)24(33-8-4)23(16-18)32-7-3/h9-10,15-17H,5-8,11-14H2,1-4H3,(H,27,30). The topological polar surface area (TPSA) is 63.3 Å². The molecular formula is C25H34ClN3O4. The highest BCUT2D eigenvalue weighted by molar-refractivity contribution is 6.33. The van der Waals surface area contributed by atoms with Crippen LogP contribution in [0.5, 0.6) is 17.2 Å². The van der Waals surface area contributed by atoms with Crippen LogP contribution in [0.3, 0.4) is 0 Å². The number of carbonyl (C=O) groups is 1. The molecule has 0 spiro atoms. The molecule has 1 aliphatic rings. The first-order chi connectivity index (χ1) is 16.0. The fourth-order valence-electron chi connectivity index (χ4n) is 3.87. The number of ether oxygens (including phenoxy) is 3. The van der Waals surface area contributed by atoms with E-state index in [1.54, 1.807) is 18.2 Å². The second-order valence-electron chi connectivity index (χ2n) is 7.64. The number of piperazine rings is 1. The van der Waals surface area contributed by atoms with Crippen LogP contribution in [0, 0.1) is 0 Å². The molecule has 1 amide bonds. The minimum Gasteiger partial charge on any atom is -0.490 e. The van der Waals surface area contributed by atoms with Gasteiger partial charge < -0.3 is 29.3 Å². The van der Waals surface area contributed by atoms with E-state index in [0.29, 0.717) is 53.3 Å². The van der Waals surface area contributed by atoms with E-state index >= 15 is 0 Å². The molecule has 0 aromatic heterocycles. The molecule has 0 atom stereocenters. The van der Waals surface area contributed by atoms with Crippen molar-refractivity contribution in [3.8, 4) is 17.2 Å². The van der Waals surface area contributed by atoms with Crippen molar-refractivity contribution >= 4 is 28.9 Å². The summed E-state index contributed by atoms with van der Waals surface area (Å²) in [5, 5.41) is 3.55. The second-order valence-corrected chi connectivity index (χ2v) is 8.05. The molecule has 0 saturated carbocycles. The lowest BCUT2D eigenvalue weighted by Gasteiger charge is -2.36. The largest absolute Gasteiger partial charge is 0.490 e. The van der Waals surface area contributed by atoms with Crippen LogP contribution in [0.15, 0.2) is 30.3 Å². The van der Waals surface area contributed by atoms with E-state index < -0.39 is 0 Å². The van der Waals surface area contributed by atoms with Gasteiger partial charge in [-0.25, -0.2) is 0 Å². The second kappa shape index (κ2) is 12.0. The van der Waals surface area contributed by atoms with Gasteiger partial charge in [-0.3, -0.25) is 4.79 Å². The molecule has 8 heteroatoms. The molecular weight excluding hydrogens is 442 g/mol. The Bertz CT molecular complexity index is 918. The molecule has 0 unspecified atom stereocenters. The lowest BCUT2D eigenvalue weighted by molar-refractivity contribution is 0.102. The van der Waals surface area contributed by atoms with Crippen LogP contribution in [-0.4, -0.2) is 63.4 Å². The van der Waals surface area contributed by atoms with Gasteiger partial charge in [-0.05, 0) is 57.6 Å². The van der Waals surface area contributed by atoms with Gasteiger partial charge in [0.25, 0.3) is 5.91 Å². The number of carbonyl (C=O) groups excluding carboxylic acids is 1. The Kier molecular flexibility index (Phi) is 9.09. The molecule has 180 valence electrons. The average Bonchev–Trinajstić information content (AvgIpc) is 2.81. The maximum absolute atomic E-state index is 13.0. The first kappa shape index (κ1) is 25.0. The minimum atomic E-state index is -0.277. The van der Waals surface area contributed by atoms with Gasteiger partial charge in [-0.1, -0.05) is 18.5 Å². The van der Waals surface area contributed by atoms with E-state index in [2.05, 4.69) is 22.0 Å². The van der Waals surface area contributed by atoms with Crippen molar-refractivity contribution in [2.24, 2.45) is 0 Å². The summed E-state index contributed by atoms with van der Waals surface area (Å²) < 4.78 is 17.2. The third-order valence-corrected chi connectivity index (χ3v) is 5.84. The molecule has 7 nitrogen and oxygen atoms in total. The average molecular weight is 476 g/mol. The lowest BCUT2D eigenvalue weighted by Crippen LogP contribution is -2.46. The zero-order chi connectivity index (χ0) is 23.8. The number of likely N-dealkylation sites (N-methyl/N-ethyl adjacent to an activating group) is 1. The normalized spacial score (nSPS) is 14.2. The van der Waals surface area contributed by atoms with Crippen LogP contribution >= 0.6 is 11.6 Å². The highest BCUT2D eigenvalue weighted by Gasteiger charge is 2.20. The number of rotatable bonds is 10. The van der Waals surface area contributed by atoms with Crippen molar-refractivity contribution in [3.05, 3.63) is 40.9 Å². The molecule has 33 heavy (non-hydrogen) atoms. The SMILES string of the molecule is CCOc1cc(C(=O)Nc2ccc(N3CCN(CC)CC3)c(Cl)c2)cc(OCC)c1OCC. The fraction of sp³-hybridized carbons (Fsp3) is 0.480. The number of hydrogen-bond donors (Lipinski definition) is 1. The molecule has 1 heterocycles. The Hall–Kier alpha value is -2.64. The summed E-state index contributed by atoms with van der Waals surface area (Å²) in [6.07, 6.45) is 0. The van der Waals surface area contributed by atoms with E-state index in [9.17, 15) is 4.79 Å². The van der Waals surface area contributed by atoms with Gasteiger partial charge in [0.05, 0.1) is 30.5 Å². The Balaban J connectivity index is 1.78. The predicted molar refractivity (Wildman–Crippen MR) is 134 cm³/mol. The Morgan fingerprint density at radius 1 is 0.909 bits per heavy atom. The first-order valence-corrected chi connectivity index (χ1v) is 12.0. The summed E-state index contributed by atoms with van der Waals surface area (Å²) in [6, 6.07) is 9.00. The maximum atomic E-state index is 13.0. The quantitative estimate of drug-likeness (QED) is 0.525. The van der Waals surface area contributed by atoms with Crippen LogP contribution in [0.4, 0.5) is 11.4 Å². The number of nitrogens with one attached hydrogen (secondary N) is 1. The molecule has 0 bridgehead atoms. The molecule has 1 N–H and O–H groups in total. The summed E-state index contributed by atoms with van der Waals surface area (Å²) in [4.78, 5) is 17.7. The number of anilines is 2. The third-order valence-electron chi connectivity index (χ3n) is 5.54.